The van der Waals surface area contributed by atoms with Gasteiger partial charge in [-0.15, -0.1) is 11.6 Å². The van der Waals surface area contributed by atoms with Crippen molar-refractivity contribution in [2.45, 2.75) is 0 Å². The van der Waals surface area contributed by atoms with Crippen molar-refractivity contribution < 1.29 is 13.9 Å². The number of ether oxygens (including phenoxy) is 1. The van der Waals surface area contributed by atoms with Gasteiger partial charge in [0.1, 0.15) is 23.0 Å². The molecule has 0 aliphatic heterocycles. The lowest BCUT2D eigenvalue weighted by molar-refractivity contribution is -0.113. The van der Waals surface area contributed by atoms with E-state index in [0.717, 1.165) is 5.56 Å². The Kier molecular flexibility index (Phi) is 4.53. The Hall–Kier alpha value is -2.79. The molecule has 0 unspecified atom stereocenters. The molecule has 0 fully saturated rings. The number of anilines is 1. The monoisotopic (exact) mass is 343 g/mol. The normalized spacial score (nSPS) is 10.6. The molecule has 0 bridgehead atoms. The molecule has 5 nitrogen and oxygen atoms in total. The van der Waals surface area contributed by atoms with Crippen molar-refractivity contribution in [3.8, 4) is 17.1 Å². The molecule has 1 amide bonds. The van der Waals surface area contributed by atoms with Gasteiger partial charge in [0.05, 0.1) is 12.5 Å². The van der Waals surface area contributed by atoms with Gasteiger partial charge < -0.3 is 14.5 Å². The molecule has 1 aromatic heterocycles. The van der Waals surface area contributed by atoms with E-state index >= 15 is 0 Å². The average Bonchev–Trinajstić information content (AvgIpc) is 2.62. The summed E-state index contributed by atoms with van der Waals surface area (Å²) < 4.78 is 10.9. The largest absolute Gasteiger partial charge is 0.497 e. The lowest BCUT2D eigenvalue weighted by atomic mass is 10.1. The summed E-state index contributed by atoms with van der Waals surface area (Å²) in [5.41, 5.74) is 1.69. The number of nitrogens with one attached hydrogen (secondary N) is 1. The number of rotatable bonds is 4. The Balaban J connectivity index is 1.97. The van der Waals surface area contributed by atoms with Crippen LogP contribution < -0.4 is 15.5 Å². The average molecular weight is 344 g/mol. The van der Waals surface area contributed by atoms with E-state index in [9.17, 15) is 9.59 Å². The minimum atomic E-state index is -0.282. The second-order valence-electron chi connectivity index (χ2n) is 5.10. The van der Waals surface area contributed by atoms with Gasteiger partial charge in [-0.1, -0.05) is 0 Å². The van der Waals surface area contributed by atoms with Gasteiger partial charge in [0.15, 0.2) is 5.43 Å². The highest BCUT2D eigenvalue weighted by Crippen LogP contribution is 2.25. The van der Waals surface area contributed by atoms with E-state index < -0.39 is 0 Å². The first-order valence-corrected chi connectivity index (χ1v) is 7.72. The van der Waals surface area contributed by atoms with Crippen LogP contribution in [0.2, 0.25) is 0 Å². The lowest BCUT2D eigenvalue weighted by Gasteiger charge is -2.06. The van der Waals surface area contributed by atoms with Crippen LogP contribution in [0.25, 0.3) is 22.3 Å². The summed E-state index contributed by atoms with van der Waals surface area (Å²) in [4.78, 5) is 23.6. The van der Waals surface area contributed by atoms with Gasteiger partial charge in [-0.3, -0.25) is 9.59 Å². The number of fused-ring (bicyclic) bond motifs is 1. The van der Waals surface area contributed by atoms with Gasteiger partial charge in [-0.2, -0.15) is 0 Å². The number of hydrogen-bond acceptors (Lipinski definition) is 4. The molecule has 1 N–H and O–H groups in total. The maximum Gasteiger partial charge on any atom is 0.239 e. The summed E-state index contributed by atoms with van der Waals surface area (Å²) in [7, 11) is 1.54. The second kappa shape index (κ2) is 6.76. The molecule has 0 aliphatic rings. The van der Waals surface area contributed by atoms with Crippen LogP contribution in [0.3, 0.4) is 0 Å². The van der Waals surface area contributed by atoms with Gasteiger partial charge >= 0.3 is 0 Å². The van der Waals surface area contributed by atoms with E-state index in [4.69, 9.17) is 20.8 Å². The van der Waals surface area contributed by atoms with Crippen molar-refractivity contribution in [1.82, 2.24) is 0 Å². The van der Waals surface area contributed by atoms with E-state index in [1.807, 2.05) is 0 Å². The van der Waals surface area contributed by atoms with E-state index in [1.165, 1.54) is 6.07 Å². The van der Waals surface area contributed by atoms with Gasteiger partial charge in [0.2, 0.25) is 5.91 Å². The van der Waals surface area contributed by atoms with Crippen LogP contribution in [-0.2, 0) is 4.79 Å². The predicted molar refractivity (Wildman–Crippen MR) is 93.8 cm³/mol. The molecule has 0 radical (unpaired) electrons. The first kappa shape index (κ1) is 16.1. The zero-order valence-corrected chi connectivity index (χ0v) is 13.6. The molecule has 0 spiro atoms. The summed E-state index contributed by atoms with van der Waals surface area (Å²) in [5, 5.41) is 3.11. The van der Waals surface area contributed by atoms with Gasteiger partial charge in [0, 0.05) is 17.3 Å². The highest BCUT2D eigenvalue weighted by molar-refractivity contribution is 6.29. The molecule has 0 aliphatic carbocycles. The quantitative estimate of drug-likeness (QED) is 0.734. The van der Waals surface area contributed by atoms with Gasteiger partial charge in [-0.25, -0.2) is 0 Å². The van der Waals surface area contributed by atoms with Crippen LogP contribution in [0, 0.1) is 0 Å². The Morgan fingerprint density at radius 3 is 2.58 bits per heavy atom. The lowest BCUT2D eigenvalue weighted by Crippen LogP contribution is -2.12. The fourth-order valence-corrected chi connectivity index (χ4v) is 2.38. The number of carbonyl (C=O) groups excluding carboxylic acids is 1. The fourth-order valence-electron chi connectivity index (χ4n) is 2.32. The maximum absolute atomic E-state index is 12.3. The number of methoxy groups -OCH3 is 1. The van der Waals surface area contributed by atoms with E-state index in [0.29, 0.717) is 28.2 Å². The molecule has 3 aromatic rings. The van der Waals surface area contributed by atoms with Crippen molar-refractivity contribution >= 4 is 34.2 Å². The smallest absolute Gasteiger partial charge is 0.239 e. The number of halogens is 1. The molecule has 0 saturated carbocycles. The Morgan fingerprint density at radius 2 is 1.92 bits per heavy atom. The summed E-state index contributed by atoms with van der Waals surface area (Å²) >= 11 is 5.45. The first-order chi connectivity index (χ1) is 11.6. The van der Waals surface area contributed by atoms with Crippen LogP contribution in [0.15, 0.2) is 57.7 Å². The third kappa shape index (κ3) is 3.26. The molecule has 0 atom stereocenters. The zero-order chi connectivity index (χ0) is 17.1. The zero-order valence-electron chi connectivity index (χ0n) is 12.8. The third-order valence-corrected chi connectivity index (χ3v) is 3.75. The molecule has 1 heterocycles. The van der Waals surface area contributed by atoms with Gasteiger partial charge in [-0.05, 0) is 42.5 Å². The van der Waals surface area contributed by atoms with Crippen LogP contribution in [0.4, 0.5) is 5.69 Å². The van der Waals surface area contributed by atoms with E-state index in [1.54, 1.807) is 49.6 Å². The molecule has 122 valence electrons. The van der Waals surface area contributed by atoms with Crippen LogP contribution in [-0.4, -0.2) is 18.9 Å². The summed E-state index contributed by atoms with van der Waals surface area (Å²) in [6.07, 6.45) is 0. The van der Waals surface area contributed by atoms with Crippen molar-refractivity contribution in [3.63, 3.8) is 0 Å². The molecular weight excluding hydrogens is 330 g/mol. The van der Waals surface area contributed by atoms with Gasteiger partial charge in [0.25, 0.3) is 0 Å². The minimum absolute atomic E-state index is 0.106. The molecular formula is C18H14ClNO4. The first-order valence-electron chi connectivity index (χ1n) is 7.19. The highest BCUT2D eigenvalue weighted by Gasteiger charge is 2.08. The molecule has 0 saturated heterocycles. The fraction of sp³-hybridized carbons (Fsp3) is 0.111. The standard InChI is InChI=1S/C18H14ClNO4/c1-23-13-6-7-16-14(8-13)15(21)9-17(24-16)11-2-4-12(5-3-11)20-18(22)10-19/h2-9H,10H2,1H3,(H,20,22). The van der Waals surface area contributed by atoms with Crippen molar-refractivity contribution in [1.29, 1.82) is 0 Å². The van der Waals surface area contributed by atoms with Crippen LogP contribution in [0.5, 0.6) is 5.75 Å². The molecule has 6 heteroatoms. The molecule has 2 aromatic carbocycles. The topological polar surface area (TPSA) is 68.5 Å². The predicted octanol–water partition coefficient (Wildman–Crippen LogP) is 3.65. The summed E-state index contributed by atoms with van der Waals surface area (Å²) in [5.74, 6) is 0.663. The SMILES string of the molecule is COc1ccc2oc(-c3ccc(NC(=O)CCl)cc3)cc(=O)c2c1. The second-order valence-corrected chi connectivity index (χ2v) is 5.36. The minimum Gasteiger partial charge on any atom is -0.497 e. The number of hydrogen-bond donors (Lipinski definition) is 1. The van der Waals surface area contributed by atoms with Crippen LogP contribution >= 0.6 is 11.6 Å². The maximum atomic E-state index is 12.3. The Labute approximate surface area is 142 Å². The van der Waals surface area contributed by atoms with Crippen LogP contribution in [0.1, 0.15) is 0 Å². The highest BCUT2D eigenvalue weighted by atomic mass is 35.5. The number of alkyl halides is 1. The number of benzene rings is 2. The Morgan fingerprint density at radius 1 is 1.17 bits per heavy atom. The van der Waals surface area contributed by atoms with E-state index in [-0.39, 0.29) is 17.2 Å². The molecule has 3 rings (SSSR count). The van der Waals surface area contributed by atoms with E-state index in [2.05, 4.69) is 5.32 Å². The Bertz CT molecular complexity index is 947. The third-order valence-electron chi connectivity index (χ3n) is 3.51. The summed E-state index contributed by atoms with van der Waals surface area (Å²) in [6, 6.07) is 13.5. The molecule has 24 heavy (non-hydrogen) atoms. The van der Waals surface area contributed by atoms with Crippen molar-refractivity contribution in [2.75, 3.05) is 18.3 Å². The van der Waals surface area contributed by atoms with Crippen molar-refractivity contribution in [2.24, 2.45) is 0 Å². The number of carbonyl (C=O) groups is 1. The van der Waals surface area contributed by atoms with Crippen molar-refractivity contribution in [3.05, 3.63) is 58.8 Å². The number of amides is 1. The summed E-state index contributed by atoms with van der Waals surface area (Å²) in [6.45, 7) is 0.